The van der Waals surface area contributed by atoms with Gasteiger partial charge in [0.05, 0.1) is 12.7 Å². The maximum atomic E-state index is 13.1. The summed E-state index contributed by atoms with van der Waals surface area (Å²) in [6.45, 7) is 1.18. The molecule has 1 unspecified atom stereocenters. The molecule has 1 aromatic carbocycles. The van der Waals surface area contributed by atoms with Crippen LogP contribution >= 0.6 is 0 Å². The van der Waals surface area contributed by atoms with E-state index in [9.17, 15) is 9.18 Å². The van der Waals surface area contributed by atoms with Crippen molar-refractivity contribution >= 4 is 5.97 Å². The number of hydrogen-bond acceptors (Lipinski definition) is 3. The third kappa shape index (κ3) is 3.92. The number of aromatic carboxylic acids is 1. The van der Waals surface area contributed by atoms with E-state index in [1.807, 2.05) is 0 Å². The molecule has 1 fully saturated rings. The van der Waals surface area contributed by atoms with Crippen molar-refractivity contribution in [2.75, 3.05) is 13.2 Å². The van der Waals surface area contributed by atoms with E-state index in [-0.39, 0.29) is 17.4 Å². The Balaban J connectivity index is 1.84. The Kier molecular flexibility index (Phi) is 4.74. The summed E-state index contributed by atoms with van der Waals surface area (Å²) >= 11 is 0. The van der Waals surface area contributed by atoms with Crippen molar-refractivity contribution in [3.05, 3.63) is 29.6 Å². The number of carbonyl (C=O) groups is 1. The fraction of sp³-hybridized carbons (Fsp3) is 0.500. The molecule has 0 bridgehead atoms. The minimum absolute atomic E-state index is 0.0153. The normalized spacial score (nSPS) is 18.5. The van der Waals surface area contributed by atoms with Crippen LogP contribution in [-0.2, 0) is 4.74 Å². The molecular weight excluding hydrogens is 251 g/mol. The molecule has 19 heavy (non-hydrogen) atoms. The lowest BCUT2D eigenvalue weighted by atomic mass is 10.1. The Morgan fingerprint density at radius 3 is 3.05 bits per heavy atom. The average molecular weight is 268 g/mol. The Morgan fingerprint density at radius 1 is 1.53 bits per heavy atom. The zero-order chi connectivity index (χ0) is 13.7. The van der Waals surface area contributed by atoms with Gasteiger partial charge in [-0.1, -0.05) is 0 Å². The number of carboxylic acids is 1. The van der Waals surface area contributed by atoms with E-state index in [0.29, 0.717) is 6.61 Å². The summed E-state index contributed by atoms with van der Waals surface area (Å²) in [7, 11) is 0. The van der Waals surface area contributed by atoms with Gasteiger partial charge in [-0.15, -0.1) is 0 Å². The van der Waals surface area contributed by atoms with Gasteiger partial charge in [0.15, 0.2) is 0 Å². The van der Waals surface area contributed by atoms with Crippen LogP contribution in [0, 0.1) is 5.82 Å². The highest BCUT2D eigenvalue weighted by Crippen LogP contribution is 2.21. The van der Waals surface area contributed by atoms with Crippen LogP contribution in [0.15, 0.2) is 18.2 Å². The van der Waals surface area contributed by atoms with Crippen LogP contribution in [0.1, 0.15) is 36.0 Å². The number of halogens is 1. The molecule has 1 aliphatic heterocycles. The molecule has 1 atom stereocenters. The molecule has 0 amide bonds. The Labute approximate surface area is 111 Å². The van der Waals surface area contributed by atoms with Crippen molar-refractivity contribution in [2.45, 2.75) is 31.8 Å². The fourth-order valence-electron chi connectivity index (χ4n) is 2.16. The quantitative estimate of drug-likeness (QED) is 0.806. The van der Waals surface area contributed by atoms with Crippen molar-refractivity contribution in [3.8, 4) is 5.75 Å². The lowest BCUT2D eigenvalue weighted by Crippen LogP contribution is -2.09. The van der Waals surface area contributed by atoms with Crippen LogP contribution < -0.4 is 4.74 Å². The monoisotopic (exact) mass is 268 g/mol. The van der Waals surface area contributed by atoms with Crippen molar-refractivity contribution in [3.63, 3.8) is 0 Å². The maximum absolute atomic E-state index is 13.1. The van der Waals surface area contributed by atoms with Crippen molar-refractivity contribution in [1.82, 2.24) is 0 Å². The van der Waals surface area contributed by atoms with Gasteiger partial charge in [-0.05, 0) is 37.8 Å². The highest BCUT2D eigenvalue weighted by Gasteiger charge is 2.15. The smallest absolute Gasteiger partial charge is 0.339 e. The lowest BCUT2D eigenvalue weighted by molar-refractivity contribution is 0.0690. The van der Waals surface area contributed by atoms with Gasteiger partial charge in [-0.2, -0.15) is 0 Å². The van der Waals surface area contributed by atoms with Crippen LogP contribution in [0.2, 0.25) is 0 Å². The molecule has 4 nitrogen and oxygen atoms in total. The van der Waals surface area contributed by atoms with Crippen molar-refractivity contribution in [2.24, 2.45) is 0 Å². The summed E-state index contributed by atoms with van der Waals surface area (Å²) < 4.78 is 23.9. The van der Waals surface area contributed by atoms with E-state index in [2.05, 4.69) is 0 Å². The highest BCUT2D eigenvalue weighted by molar-refractivity contribution is 5.90. The predicted octanol–water partition coefficient (Wildman–Crippen LogP) is 2.86. The van der Waals surface area contributed by atoms with E-state index < -0.39 is 11.8 Å². The average Bonchev–Trinajstić information content (AvgIpc) is 2.87. The minimum atomic E-state index is -1.12. The molecule has 0 aliphatic carbocycles. The highest BCUT2D eigenvalue weighted by atomic mass is 19.1. The molecule has 0 radical (unpaired) electrons. The Hall–Kier alpha value is -1.62. The van der Waals surface area contributed by atoms with Crippen LogP contribution in [0.4, 0.5) is 4.39 Å². The first kappa shape index (κ1) is 13.8. The molecule has 2 rings (SSSR count). The SMILES string of the molecule is O=C(O)c1ccc(F)cc1OCCCC1CCCO1. The van der Waals surface area contributed by atoms with Crippen LogP contribution in [0.25, 0.3) is 0 Å². The molecule has 1 heterocycles. The molecule has 0 saturated carbocycles. The lowest BCUT2D eigenvalue weighted by Gasteiger charge is -2.11. The maximum Gasteiger partial charge on any atom is 0.339 e. The van der Waals surface area contributed by atoms with E-state index in [0.717, 1.165) is 44.4 Å². The number of benzene rings is 1. The van der Waals surface area contributed by atoms with Gasteiger partial charge in [0.2, 0.25) is 0 Å². The summed E-state index contributed by atoms with van der Waals surface area (Å²) in [4.78, 5) is 11.0. The second kappa shape index (κ2) is 6.52. The molecule has 0 spiro atoms. The number of carboxylic acid groups (broad SMARTS) is 1. The van der Waals surface area contributed by atoms with E-state index >= 15 is 0 Å². The van der Waals surface area contributed by atoms with E-state index in [1.54, 1.807) is 0 Å². The number of ether oxygens (including phenoxy) is 2. The third-order valence-electron chi connectivity index (χ3n) is 3.13. The minimum Gasteiger partial charge on any atom is -0.493 e. The van der Waals surface area contributed by atoms with Gasteiger partial charge in [0.1, 0.15) is 17.1 Å². The van der Waals surface area contributed by atoms with Gasteiger partial charge >= 0.3 is 5.97 Å². The first-order valence-corrected chi connectivity index (χ1v) is 6.44. The Bertz CT molecular complexity index is 441. The second-order valence-corrected chi connectivity index (χ2v) is 4.57. The fourth-order valence-corrected chi connectivity index (χ4v) is 2.16. The first-order valence-electron chi connectivity index (χ1n) is 6.44. The van der Waals surface area contributed by atoms with E-state index in [4.69, 9.17) is 14.6 Å². The predicted molar refractivity (Wildman–Crippen MR) is 67.1 cm³/mol. The van der Waals surface area contributed by atoms with Gasteiger partial charge in [0.25, 0.3) is 0 Å². The summed E-state index contributed by atoms with van der Waals surface area (Å²) in [5.74, 6) is -1.53. The molecule has 1 N–H and O–H groups in total. The summed E-state index contributed by atoms with van der Waals surface area (Å²) in [5, 5.41) is 8.96. The van der Waals surface area contributed by atoms with Crippen molar-refractivity contribution in [1.29, 1.82) is 0 Å². The molecule has 1 aliphatic rings. The topological polar surface area (TPSA) is 55.8 Å². The van der Waals surface area contributed by atoms with Crippen LogP contribution in [-0.4, -0.2) is 30.4 Å². The first-order chi connectivity index (χ1) is 9.16. The van der Waals surface area contributed by atoms with E-state index in [1.165, 1.54) is 6.07 Å². The standard InChI is InChI=1S/C14H17FO4/c15-10-5-6-12(14(16)17)13(9-10)19-8-2-4-11-3-1-7-18-11/h5-6,9,11H,1-4,7-8H2,(H,16,17). The molecule has 104 valence electrons. The largest absolute Gasteiger partial charge is 0.493 e. The van der Waals surface area contributed by atoms with Gasteiger partial charge < -0.3 is 14.6 Å². The molecule has 1 aromatic rings. The zero-order valence-corrected chi connectivity index (χ0v) is 10.6. The molecule has 1 saturated heterocycles. The van der Waals surface area contributed by atoms with Crippen molar-refractivity contribution < 1.29 is 23.8 Å². The molecular formula is C14H17FO4. The summed E-state index contributed by atoms with van der Waals surface area (Å²) in [6, 6.07) is 3.44. The summed E-state index contributed by atoms with van der Waals surface area (Å²) in [5.41, 5.74) is -0.0153. The molecule has 5 heteroatoms. The Morgan fingerprint density at radius 2 is 2.37 bits per heavy atom. The summed E-state index contributed by atoms with van der Waals surface area (Å²) in [6.07, 6.45) is 4.10. The zero-order valence-electron chi connectivity index (χ0n) is 10.6. The third-order valence-corrected chi connectivity index (χ3v) is 3.13. The number of rotatable bonds is 6. The molecule has 0 aromatic heterocycles. The van der Waals surface area contributed by atoms with Gasteiger partial charge in [0, 0.05) is 12.7 Å². The number of hydrogen-bond donors (Lipinski definition) is 1. The van der Waals surface area contributed by atoms with Crippen LogP contribution in [0.5, 0.6) is 5.75 Å². The van der Waals surface area contributed by atoms with Gasteiger partial charge in [-0.25, -0.2) is 9.18 Å². The van der Waals surface area contributed by atoms with Crippen LogP contribution in [0.3, 0.4) is 0 Å². The second-order valence-electron chi connectivity index (χ2n) is 4.57. The van der Waals surface area contributed by atoms with Gasteiger partial charge in [-0.3, -0.25) is 0 Å².